The summed E-state index contributed by atoms with van der Waals surface area (Å²) in [5, 5.41) is 5.32. The van der Waals surface area contributed by atoms with Gasteiger partial charge in [0.15, 0.2) is 5.16 Å². The predicted molar refractivity (Wildman–Crippen MR) is 132 cm³/mol. The average molecular weight is 479 g/mol. The molecular weight excluding hydrogens is 456 g/mol. The fraction of sp³-hybridized carbons (Fsp3) is 0.250. The summed E-state index contributed by atoms with van der Waals surface area (Å²) >= 11 is 2.84. The lowest BCUT2D eigenvalue weighted by atomic mass is 9.97. The number of carbonyl (C=O) groups is 1. The van der Waals surface area contributed by atoms with E-state index in [0.29, 0.717) is 16.6 Å². The lowest BCUT2D eigenvalue weighted by Crippen LogP contribution is -2.24. The first-order chi connectivity index (χ1) is 16.1. The second-order valence-electron chi connectivity index (χ2n) is 7.76. The molecule has 1 N–H and O–H groups in total. The topological polar surface area (TPSA) is 89.5 Å². The zero-order chi connectivity index (χ0) is 22.8. The number of para-hydroxylation sites is 1. The van der Waals surface area contributed by atoms with Crippen LogP contribution in [0.15, 0.2) is 68.2 Å². The van der Waals surface area contributed by atoms with E-state index in [1.807, 2.05) is 30.3 Å². The van der Waals surface area contributed by atoms with Crippen molar-refractivity contribution in [3.63, 3.8) is 0 Å². The highest BCUT2D eigenvalue weighted by atomic mass is 32.2. The van der Waals surface area contributed by atoms with Gasteiger partial charge in [0.25, 0.3) is 11.5 Å². The van der Waals surface area contributed by atoms with E-state index in [1.165, 1.54) is 16.6 Å². The molecule has 0 saturated heterocycles. The predicted octanol–water partition coefficient (Wildman–Crippen LogP) is 4.55. The van der Waals surface area contributed by atoms with Crippen LogP contribution in [0.2, 0.25) is 0 Å². The molecule has 4 aromatic rings. The molecule has 3 aromatic heterocycles. The average Bonchev–Trinajstić information content (AvgIpc) is 3.50. The SMILES string of the molecule is C/C(=N/NC(=O)CSc1nc2sc3c(c2c(=O)n1-c1ccccc1)CCCC3)c1ccco1. The molecule has 33 heavy (non-hydrogen) atoms. The number of thioether (sulfide) groups is 1. The summed E-state index contributed by atoms with van der Waals surface area (Å²) in [6.07, 6.45) is 5.71. The molecule has 3 heterocycles. The van der Waals surface area contributed by atoms with Crippen LogP contribution in [0.5, 0.6) is 0 Å². The van der Waals surface area contributed by atoms with Gasteiger partial charge in [-0.25, -0.2) is 10.4 Å². The van der Waals surface area contributed by atoms with Crippen molar-refractivity contribution >= 4 is 44.9 Å². The lowest BCUT2D eigenvalue weighted by Gasteiger charge is -2.13. The number of hydrogen-bond donors (Lipinski definition) is 1. The Morgan fingerprint density at radius 3 is 2.82 bits per heavy atom. The summed E-state index contributed by atoms with van der Waals surface area (Å²) in [5.74, 6) is 0.380. The molecule has 0 unspecified atom stereocenters. The summed E-state index contributed by atoms with van der Waals surface area (Å²) in [5.41, 5.74) is 4.94. The van der Waals surface area contributed by atoms with Crippen molar-refractivity contribution in [3.05, 3.63) is 75.3 Å². The van der Waals surface area contributed by atoms with Gasteiger partial charge in [0, 0.05) is 4.88 Å². The number of aryl methyl sites for hydroxylation is 2. The molecule has 7 nitrogen and oxygen atoms in total. The Labute approximate surface area is 198 Å². The Morgan fingerprint density at radius 1 is 1.21 bits per heavy atom. The molecule has 0 atom stereocenters. The lowest BCUT2D eigenvalue weighted by molar-refractivity contribution is -0.118. The Balaban J connectivity index is 1.46. The van der Waals surface area contributed by atoms with Crippen molar-refractivity contribution in [1.82, 2.24) is 15.0 Å². The number of thiophene rings is 1. The standard InChI is InChI=1S/C24H22N4O3S2/c1-15(18-11-7-13-31-18)26-27-20(29)14-32-24-25-22-21(17-10-5-6-12-19(17)33-22)23(30)28(24)16-8-3-2-4-9-16/h2-4,7-9,11,13H,5-6,10,12,14H2,1H3,(H,27,29)/b26-15-. The minimum atomic E-state index is -0.287. The molecule has 0 aliphatic heterocycles. The van der Waals surface area contributed by atoms with E-state index >= 15 is 0 Å². The van der Waals surface area contributed by atoms with Gasteiger partial charge in [-0.15, -0.1) is 11.3 Å². The van der Waals surface area contributed by atoms with E-state index in [4.69, 9.17) is 9.40 Å². The van der Waals surface area contributed by atoms with Gasteiger partial charge in [-0.3, -0.25) is 14.2 Å². The van der Waals surface area contributed by atoms with Crippen LogP contribution >= 0.6 is 23.1 Å². The fourth-order valence-electron chi connectivity index (χ4n) is 3.94. The van der Waals surface area contributed by atoms with E-state index in [-0.39, 0.29) is 17.2 Å². The number of hydrazone groups is 1. The Morgan fingerprint density at radius 2 is 2.03 bits per heavy atom. The van der Waals surface area contributed by atoms with Crippen LogP contribution in [0.3, 0.4) is 0 Å². The quantitative estimate of drug-likeness (QED) is 0.190. The third-order valence-corrected chi connectivity index (χ3v) is 7.66. The number of benzene rings is 1. The number of rotatable bonds is 6. The van der Waals surface area contributed by atoms with Crippen molar-refractivity contribution in [2.75, 3.05) is 5.75 Å². The van der Waals surface area contributed by atoms with Crippen molar-refractivity contribution < 1.29 is 9.21 Å². The largest absolute Gasteiger partial charge is 0.463 e. The molecule has 5 rings (SSSR count). The van der Waals surface area contributed by atoms with Crippen molar-refractivity contribution in [2.24, 2.45) is 5.10 Å². The summed E-state index contributed by atoms with van der Waals surface area (Å²) in [6, 6.07) is 13.0. The van der Waals surface area contributed by atoms with Gasteiger partial charge in [-0.1, -0.05) is 30.0 Å². The van der Waals surface area contributed by atoms with Crippen LogP contribution in [0.4, 0.5) is 0 Å². The minimum absolute atomic E-state index is 0.0693. The maximum absolute atomic E-state index is 13.7. The number of carbonyl (C=O) groups excluding carboxylic acids is 1. The number of furan rings is 1. The number of aromatic nitrogens is 2. The van der Waals surface area contributed by atoms with Gasteiger partial charge < -0.3 is 4.42 Å². The molecule has 0 spiro atoms. The van der Waals surface area contributed by atoms with E-state index < -0.39 is 0 Å². The first-order valence-electron chi connectivity index (χ1n) is 10.7. The van der Waals surface area contributed by atoms with Crippen LogP contribution in [0, 0.1) is 0 Å². The zero-order valence-corrected chi connectivity index (χ0v) is 19.7. The van der Waals surface area contributed by atoms with Gasteiger partial charge in [-0.2, -0.15) is 5.10 Å². The Bertz CT molecular complexity index is 1390. The van der Waals surface area contributed by atoms with Gasteiger partial charge in [-0.05, 0) is 62.4 Å². The highest BCUT2D eigenvalue weighted by molar-refractivity contribution is 7.99. The van der Waals surface area contributed by atoms with E-state index in [1.54, 1.807) is 41.2 Å². The number of amides is 1. The van der Waals surface area contributed by atoms with Gasteiger partial charge in [0.05, 0.1) is 23.1 Å². The Hall–Kier alpha value is -3.17. The first-order valence-corrected chi connectivity index (χ1v) is 12.5. The monoisotopic (exact) mass is 478 g/mol. The second-order valence-corrected chi connectivity index (χ2v) is 9.79. The number of nitrogens with zero attached hydrogens (tertiary/aromatic N) is 3. The van der Waals surface area contributed by atoms with Crippen LogP contribution < -0.4 is 11.0 Å². The zero-order valence-electron chi connectivity index (χ0n) is 18.0. The molecule has 1 aromatic carbocycles. The van der Waals surface area contributed by atoms with E-state index in [2.05, 4.69) is 10.5 Å². The normalized spacial score (nSPS) is 13.8. The summed E-state index contributed by atoms with van der Waals surface area (Å²) in [6.45, 7) is 1.76. The molecule has 9 heteroatoms. The fourth-order valence-corrected chi connectivity index (χ4v) is 6.04. The van der Waals surface area contributed by atoms with Crippen molar-refractivity contribution in [3.8, 4) is 5.69 Å². The maximum Gasteiger partial charge on any atom is 0.267 e. The Kier molecular flexibility index (Phi) is 6.15. The van der Waals surface area contributed by atoms with Crippen LogP contribution in [-0.2, 0) is 17.6 Å². The molecular formula is C24H22N4O3S2. The molecule has 1 aliphatic rings. The van der Waals surface area contributed by atoms with Crippen LogP contribution in [-0.4, -0.2) is 26.9 Å². The highest BCUT2D eigenvalue weighted by Gasteiger charge is 2.23. The third kappa shape index (κ3) is 4.38. The number of nitrogens with one attached hydrogen (secondary N) is 1. The summed E-state index contributed by atoms with van der Waals surface area (Å²) in [4.78, 5) is 33.0. The molecule has 1 amide bonds. The number of hydrogen-bond acceptors (Lipinski definition) is 7. The van der Waals surface area contributed by atoms with Gasteiger partial charge in [0.2, 0.25) is 0 Å². The molecule has 168 valence electrons. The molecule has 0 bridgehead atoms. The molecule has 1 aliphatic carbocycles. The van der Waals surface area contributed by atoms with E-state index in [9.17, 15) is 9.59 Å². The van der Waals surface area contributed by atoms with Crippen molar-refractivity contribution in [1.29, 1.82) is 0 Å². The molecule has 0 radical (unpaired) electrons. The van der Waals surface area contributed by atoms with Gasteiger partial charge >= 0.3 is 0 Å². The van der Waals surface area contributed by atoms with E-state index in [0.717, 1.165) is 47.2 Å². The maximum atomic E-state index is 13.7. The smallest absolute Gasteiger partial charge is 0.267 e. The second kappa shape index (κ2) is 9.36. The third-order valence-electron chi connectivity index (χ3n) is 5.53. The molecule has 0 fully saturated rings. The van der Waals surface area contributed by atoms with Crippen LogP contribution in [0.1, 0.15) is 36.0 Å². The van der Waals surface area contributed by atoms with Gasteiger partial charge in [0.1, 0.15) is 16.3 Å². The molecule has 0 saturated carbocycles. The first kappa shape index (κ1) is 21.7. The number of fused-ring (bicyclic) bond motifs is 3. The van der Waals surface area contributed by atoms with Crippen molar-refractivity contribution in [2.45, 2.75) is 37.8 Å². The highest BCUT2D eigenvalue weighted by Crippen LogP contribution is 2.35. The summed E-state index contributed by atoms with van der Waals surface area (Å²) in [7, 11) is 0. The van der Waals surface area contributed by atoms with Crippen LogP contribution in [0.25, 0.3) is 15.9 Å². The summed E-state index contributed by atoms with van der Waals surface area (Å²) < 4.78 is 6.90. The minimum Gasteiger partial charge on any atom is -0.463 e.